The third-order valence-electron chi connectivity index (χ3n) is 3.52. The molecule has 1 atom stereocenters. The largest absolute Gasteiger partial charge is 0.431 e. The molecule has 4 nitrogen and oxygen atoms in total. The van der Waals surface area contributed by atoms with E-state index in [9.17, 15) is 18.0 Å². The Kier molecular flexibility index (Phi) is 4.31. The van der Waals surface area contributed by atoms with E-state index in [0.29, 0.717) is 10.3 Å². The van der Waals surface area contributed by atoms with Gasteiger partial charge in [0, 0.05) is 24.2 Å². The van der Waals surface area contributed by atoms with Gasteiger partial charge in [-0.1, -0.05) is 6.07 Å². The van der Waals surface area contributed by atoms with Gasteiger partial charge in [-0.15, -0.1) is 11.3 Å². The number of rotatable bonds is 4. The van der Waals surface area contributed by atoms with Crippen molar-refractivity contribution in [2.75, 3.05) is 0 Å². The van der Waals surface area contributed by atoms with E-state index in [0.717, 1.165) is 10.6 Å². The second-order valence-electron chi connectivity index (χ2n) is 5.41. The normalized spacial score (nSPS) is 13.2. The highest BCUT2D eigenvalue weighted by molar-refractivity contribution is 7.12. The van der Waals surface area contributed by atoms with Gasteiger partial charge in [0.1, 0.15) is 11.3 Å². The van der Waals surface area contributed by atoms with E-state index in [1.54, 1.807) is 36.6 Å². The van der Waals surface area contributed by atoms with E-state index in [4.69, 9.17) is 0 Å². The van der Waals surface area contributed by atoms with Gasteiger partial charge in [-0.05, 0) is 36.6 Å². The number of hydrogen-bond donors (Lipinski definition) is 1. The maximum Gasteiger partial charge on any atom is 0.431 e. The predicted molar refractivity (Wildman–Crippen MR) is 86.0 cm³/mol. The molecule has 0 aliphatic heterocycles. The van der Waals surface area contributed by atoms with Crippen LogP contribution in [0, 0.1) is 0 Å². The molecule has 1 amide bonds. The molecule has 0 unspecified atom stereocenters. The Morgan fingerprint density at radius 2 is 2.17 bits per heavy atom. The van der Waals surface area contributed by atoms with Gasteiger partial charge in [-0.25, -0.2) is 4.98 Å². The maximum absolute atomic E-state index is 13.3. The first kappa shape index (κ1) is 16.5. The summed E-state index contributed by atoms with van der Waals surface area (Å²) in [5.74, 6) is -0.296. The molecule has 0 saturated heterocycles. The topological polar surface area (TPSA) is 46.9 Å². The number of pyridine rings is 1. The number of aromatic nitrogens is 2. The Hall–Kier alpha value is -2.35. The Labute approximate surface area is 139 Å². The van der Waals surface area contributed by atoms with Crippen molar-refractivity contribution in [2.24, 2.45) is 0 Å². The Balaban J connectivity index is 1.87. The highest BCUT2D eigenvalue weighted by Gasteiger charge is 2.36. The number of hydrogen-bond acceptors (Lipinski definition) is 3. The quantitative estimate of drug-likeness (QED) is 0.772. The van der Waals surface area contributed by atoms with E-state index in [1.165, 1.54) is 17.5 Å². The van der Waals surface area contributed by atoms with Crippen LogP contribution in [0.2, 0.25) is 0 Å². The summed E-state index contributed by atoms with van der Waals surface area (Å²) in [4.78, 5) is 16.6. The Morgan fingerprint density at radius 3 is 2.83 bits per heavy atom. The molecule has 3 aromatic heterocycles. The SMILES string of the molecule is C[C@H](Cn1c(C(F)(F)F)cc2cccnc21)NC(=O)c1cccs1. The lowest BCUT2D eigenvalue weighted by atomic mass is 10.3. The second-order valence-corrected chi connectivity index (χ2v) is 6.35. The van der Waals surface area contributed by atoms with Gasteiger partial charge in [-0.3, -0.25) is 4.79 Å². The number of amides is 1. The molecule has 0 radical (unpaired) electrons. The van der Waals surface area contributed by atoms with Crippen LogP contribution in [0.1, 0.15) is 22.3 Å². The average molecular weight is 353 g/mol. The van der Waals surface area contributed by atoms with Crippen LogP contribution < -0.4 is 5.32 Å². The molecule has 8 heteroatoms. The molecule has 3 heterocycles. The van der Waals surface area contributed by atoms with E-state index in [1.807, 2.05) is 0 Å². The van der Waals surface area contributed by atoms with Crippen molar-refractivity contribution < 1.29 is 18.0 Å². The van der Waals surface area contributed by atoms with E-state index >= 15 is 0 Å². The van der Waals surface area contributed by atoms with Gasteiger partial charge in [-0.2, -0.15) is 13.2 Å². The van der Waals surface area contributed by atoms with Crippen molar-refractivity contribution in [1.82, 2.24) is 14.9 Å². The standard InChI is InChI=1S/C16H14F3N3OS/c1-10(21-15(23)12-5-3-7-24-12)9-22-13(16(17,18)19)8-11-4-2-6-20-14(11)22/h2-8,10H,9H2,1H3,(H,21,23)/t10-/m1/s1. The van der Waals surface area contributed by atoms with Gasteiger partial charge < -0.3 is 9.88 Å². The first-order valence-electron chi connectivity index (χ1n) is 7.22. The molecular formula is C16H14F3N3OS. The predicted octanol–water partition coefficient (Wildman–Crippen LogP) is 3.94. The summed E-state index contributed by atoms with van der Waals surface area (Å²) in [6.07, 6.45) is -3.04. The summed E-state index contributed by atoms with van der Waals surface area (Å²) < 4.78 is 41.0. The Morgan fingerprint density at radius 1 is 1.38 bits per heavy atom. The average Bonchev–Trinajstić information content (AvgIpc) is 3.15. The number of alkyl halides is 3. The summed E-state index contributed by atoms with van der Waals surface area (Å²) in [5.41, 5.74) is -0.518. The highest BCUT2D eigenvalue weighted by Crippen LogP contribution is 2.33. The number of nitrogens with one attached hydrogen (secondary N) is 1. The molecule has 0 bridgehead atoms. The van der Waals surface area contributed by atoms with Crippen LogP contribution in [0.4, 0.5) is 13.2 Å². The van der Waals surface area contributed by atoms with Crippen molar-refractivity contribution in [1.29, 1.82) is 0 Å². The monoisotopic (exact) mass is 353 g/mol. The van der Waals surface area contributed by atoms with Gasteiger partial charge in [0.25, 0.3) is 5.91 Å². The second kappa shape index (κ2) is 6.27. The molecule has 126 valence electrons. The van der Waals surface area contributed by atoms with Crippen molar-refractivity contribution in [3.8, 4) is 0 Å². The lowest BCUT2D eigenvalue weighted by molar-refractivity contribution is -0.143. The van der Waals surface area contributed by atoms with Crippen LogP contribution in [0.3, 0.4) is 0 Å². The minimum absolute atomic E-state index is 0.0214. The Bertz CT molecular complexity index is 855. The van der Waals surface area contributed by atoms with Gasteiger partial charge in [0.05, 0.1) is 4.88 Å². The van der Waals surface area contributed by atoms with Crippen LogP contribution in [-0.2, 0) is 12.7 Å². The van der Waals surface area contributed by atoms with Crippen molar-refractivity contribution in [3.05, 3.63) is 52.5 Å². The zero-order valence-electron chi connectivity index (χ0n) is 12.7. The summed E-state index contributed by atoms with van der Waals surface area (Å²) in [7, 11) is 0. The van der Waals surface area contributed by atoms with E-state index < -0.39 is 17.9 Å². The van der Waals surface area contributed by atoms with E-state index in [2.05, 4.69) is 10.3 Å². The molecule has 24 heavy (non-hydrogen) atoms. The molecule has 0 saturated carbocycles. The van der Waals surface area contributed by atoms with Crippen molar-refractivity contribution in [2.45, 2.75) is 25.7 Å². The minimum Gasteiger partial charge on any atom is -0.347 e. The van der Waals surface area contributed by atoms with Gasteiger partial charge >= 0.3 is 6.18 Å². The fourth-order valence-electron chi connectivity index (χ4n) is 2.53. The third-order valence-corrected chi connectivity index (χ3v) is 4.39. The number of carbonyl (C=O) groups is 1. The molecule has 0 aromatic carbocycles. The molecule has 0 aliphatic rings. The first-order valence-corrected chi connectivity index (χ1v) is 8.10. The van der Waals surface area contributed by atoms with E-state index in [-0.39, 0.29) is 18.1 Å². The summed E-state index contributed by atoms with van der Waals surface area (Å²) in [6, 6.07) is 7.18. The van der Waals surface area contributed by atoms with Crippen LogP contribution >= 0.6 is 11.3 Å². The zero-order chi connectivity index (χ0) is 17.3. The molecular weight excluding hydrogens is 339 g/mol. The molecule has 0 fully saturated rings. The van der Waals surface area contributed by atoms with Crippen molar-refractivity contribution >= 4 is 28.3 Å². The highest BCUT2D eigenvalue weighted by atomic mass is 32.1. The number of fused-ring (bicyclic) bond motifs is 1. The number of halogens is 3. The van der Waals surface area contributed by atoms with Crippen LogP contribution in [0.5, 0.6) is 0 Å². The molecule has 3 aromatic rings. The molecule has 0 spiro atoms. The fourth-order valence-corrected chi connectivity index (χ4v) is 3.16. The zero-order valence-corrected chi connectivity index (χ0v) is 13.5. The minimum atomic E-state index is -4.49. The van der Waals surface area contributed by atoms with Crippen molar-refractivity contribution in [3.63, 3.8) is 0 Å². The summed E-state index contributed by atoms with van der Waals surface area (Å²) >= 11 is 1.28. The molecule has 1 N–H and O–H groups in total. The van der Waals surface area contributed by atoms with Gasteiger partial charge in [0.15, 0.2) is 0 Å². The first-order chi connectivity index (χ1) is 11.4. The smallest absolute Gasteiger partial charge is 0.347 e. The third kappa shape index (κ3) is 3.28. The summed E-state index contributed by atoms with van der Waals surface area (Å²) in [6.45, 7) is 1.65. The molecule has 3 rings (SSSR count). The fraction of sp³-hybridized carbons (Fsp3) is 0.250. The lowest BCUT2D eigenvalue weighted by Gasteiger charge is -2.18. The number of nitrogens with zero attached hydrogens (tertiary/aromatic N) is 2. The maximum atomic E-state index is 13.3. The number of thiophene rings is 1. The lowest BCUT2D eigenvalue weighted by Crippen LogP contribution is -2.36. The summed E-state index contributed by atoms with van der Waals surface area (Å²) in [5, 5.41) is 4.91. The van der Waals surface area contributed by atoms with Crippen LogP contribution in [0.25, 0.3) is 11.0 Å². The number of carbonyl (C=O) groups excluding carboxylic acids is 1. The van der Waals surface area contributed by atoms with Gasteiger partial charge in [0.2, 0.25) is 0 Å². The van der Waals surface area contributed by atoms with Crippen LogP contribution in [-0.4, -0.2) is 21.5 Å². The van der Waals surface area contributed by atoms with Crippen LogP contribution in [0.15, 0.2) is 41.9 Å². The molecule has 0 aliphatic carbocycles.